The molecule has 0 aromatic heterocycles. The molecule has 2 atom stereocenters. The lowest BCUT2D eigenvalue weighted by Gasteiger charge is -2.19. The Morgan fingerprint density at radius 3 is 3.00 bits per heavy atom. The number of hydrogen-bond donors (Lipinski definition) is 2. The van der Waals surface area contributed by atoms with Crippen LogP contribution in [0.4, 0.5) is 0 Å². The van der Waals surface area contributed by atoms with E-state index >= 15 is 0 Å². The highest BCUT2D eigenvalue weighted by Crippen LogP contribution is 2.21. The molecule has 0 spiro atoms. The number of hydrogen-bond acceptors (Lipinski definition) is 3. The van der Waals surface area contributed by atoms with E-state index in [1.54, 1.807) is 7.05 Å². The quantitative estimate of drug-likeness (QED) is 0.428. The van der Waals surface area contributed by atoms with Gasteiger partial charge >= 0.3 is 0 Å². The standard InChI is InChI=1S/C18H28ClN3O2/c1-14(16-6-3-4-7-17(16)19)22-18(20-2)21-9-5-10-23-12-15-8-11-24-13-15/h3-4,6-7,14-15H,5,8-13H2,1-2H3,(H2,20,21,22). The molecule has 134 valence electrons. The summed E-state index contributed by atoms with van der Waals surface area (Å²) in [4.78, 5) is 4.26. The van der Waals surface area contributed by atoms with Crippen LogP contribution < -0.4 is 10.6 Å². The van der Waals surface area contributed by atoms with Crippen molar-refractivity contribution in [3.8, 4) is 0 Å². The number of halogens is 1. The first kappa shape index (κ1) is 19.0. The van der Waals surface area contributed by atoms with Crippen LogP contribution in [0.1, 0.15) is 31.4 Å². The molecule has 1 aliphatic rings. The Morgan fingerprint density at radius 2 is 2.29 bits per heavy atom. The molecule has 1 heterocycles. The SMILES string of the molecule is CN=C(NCCCOCC1CCOC1)NC(C)c1ccccc1Cl. The zero-order valence-corrected chi connectivity index (χ0v) is 15.3. The highest BCUT2D eigenvalue weighted by atomic mass is 35.5. The van der Waals surface area contributed by atoms with Crippen molar-refractivity contribution in [2.24, 2.45) is 10.9 Å². The second kappa shape index (κ2) is 10.5. The van der Waals surface area contributed by atoms with E-state index in [1.807, 2.05) is 24.3 Å². The number of rotatable bonds is 8. The molecule has 0 amide bonds. The Bertz CT molecular complexity index is 519. The van der Waals surface area contributed by atoms with Crippen molar-refractivity contribution in [2.75, 3.05) is 40.0 Å². The molecule has 2 rings (SSSR count). The maximum atomic E-state index is 6.24. The molecule has 0 aliphatic carbocycles. The van der Waals surface area contributed by atoms with Crippen molar-refractivity contribution in [1.29, 1.82) is 0 Å². The minimum Gasteiger partial charge on any atom is -0.381 e. The lowest BCUT2D eigenvalue weighted by atomic mass is 10.1. The normalized spacial score (nSPS) is 19.3. The molecule has 1 aromatic carbocycles. The first-order chi connectivity index (χ1) is 11.7. The van der Waals surface area contributed by atoms with Gasteiger partial charge in [-0.25, -0.2) is 0 Å². The predicted octanol–water partition coefficient (Wildman–Crippen LogP) is 3.01. The van der Waals surface area contributed by atoms with Gasteiger partial charge in [-0.1, -0.05) is 29.8 Å². The number of benzene rings is 1. The molecule has 2 N–H and O–H groups in total. The number of aliphatic imine (C=N–C) groups is 1. The van der Waals surface area contributed by atoms with Crippen molar-refractivity contribution in [3.05, 3.63) is 34.9 Å². The Hall–Kier alpha value is -1.30. The number of nitrogens with one attached hydrogen (secondary N) is 2. The minimum absolute atomic E-state index is 0.0866. The molecule has 0 saturated carbocycles. The van der Waals surface area contributed by atoms with Crippen molar-refractivity contribution in [1.82, 2.24) is 10.6 Å². The van der Waals surface area contributed by atoms with Gasteiger partial charge in [0.05, 0.1) is 19.3 Å². The smallest absolute Gasteiger partial charge is 0.191 e. The van der Waals surface area contributed by atoms with Crippen LogP contribution in [0.15, 0.2) is 29.3 Å². The average Bonchev–Trinajstić information content (AvgIpc) is 3.10. The van der Waals surface area contributed by atoms with Crippen LogP contribution in [0, 0.1) is 5.92 Å². The number of guanidine groups is 1. The molecule has 0 radical (unpaired) electrons. The van der Waals surface area contributed by atoms with Gasteiger partial charge in [0.2, 0.25) is 0 Å². The van der Waals surface area contributed by atoms with Crippen LogP contribution >= 0.6 is 11.6 Å². The van der Waals surface area contributed by atoms with Gasteiger partial charge in [0, 0.05) is 37.7 Å². The van der Waals surface area contributed by atoms with Gasteiger partial charge in [-0.3, -0.25) is 4.99 Å². The van der Waals surface area contributed by atoms with Crippen molar-refractivity contribution in [2.45, 2.75) is 25.8 Å². The van der Waals surface area contributed by atoms with Crippen LogP contribution in [0.25, 0.3) is 0 Å². The van der Waals surface area contributed by atoms with Crippen LogP contribution in [0.3, 0.4) is 0 Å². The van der Waals surface area contributed by atoms with E-state index in [9.17, 15) is 0 Å². The summed E-state index contributed by atoms with van der Waals surface area (Å²) in [6, 6.07) is 7.93. The van der Waals surface area contributed by atoms with Crippen LogP contribution in [-0.4, -0.2) is 46.0 Å². The summed E-state index contributed by atoms with van der Waals surface area (Å²) in [6.45, 7) is 6.16. The number of nitrogens with zero attached hydrogens (tertiary/aromatic N) is 1. The molecule has 1 aliphatic heterocycles. The van der Waals surface area contributed by atoms with E-state index in [0.717, 1.165) is 62.4 Å². The van der Waals surface area contributed by atoms with Crippen molar-refractivity contribution in [3.63, 3.8) is 0 Å². The average molecular weight is 354 g/mol. The fraction of sp³-hybridized carbons (Fsp3) is 0.611. The first-order valence-electron chi connectivity index (χ1n) is 8.57. The summed E-state index contributed by atoms with van der Waals surface area (Å²) in [6.07, 6.45) is 2.06. The van der Waals surface area contributed by atoms with Crippen LogP contribution in [0.2, 0.25) is 5.02 Å². The monoisotopic (exact) mass is 353 g/mol. The van der Waals surface area contributed by atoms with Gasteiger partial charge in [-0.15, -0.1) is 0 Å². The molecular weight excluding hydrogens is 326 g/mol. The fourth-order valence-electron chi connectivity index (χ4n) is 2.65. The van der Waals surface area contributed by atoms with Crippen molar-refractivity contribution < 1.29 is 9.47 Å². The lowest BCUT2D eigenvalue weighted by molar-refractivity contribution is 0.0888. The van der Waals surface area contributed by atoms with Gasteiger partial charge in [0.1, 0.15) is 0 Å². The third-order valence-electron chi connectivity index (χ3n) is 4.08. The molecule has 1 fully saturated rings. The Balaban J connectivity index is 1.62. The van der Waals surface area contributed by atoms with Gasteiger partial charge in [0.25, 0.3) is 0 Å². The molecule has 24 heavy (non-hydrogen) atoms. The lowest BCUT2D eigenvalue weighted by Crippen LogP contribution is -2.39. The molecule has 6 heteroatoms. The maximum absolute atomic E-state index is 6.24. The van der Waals surface area contributed by atoms with Crippen LogP contribution in [-0.2, 0) is 9.47 Å². The zero-order valence-electron chi connectivity index (χ0n) is 14.6. The first-order valence-corrected chi connectivity index (χ1v) is 8.95. The Morgan fingerprint density at radius 1 is 1.46 bits per heavy atom. The van der Waals surface area contributed by atoms with E-state index in [1.165, 1.54) is 0 Å². The largest absolute Gasteiger partial charge is 0.381 e. The Kier molecular flexibility index (Phi) is 8.36. The summed E-state index contributed by atoms with van der Waals surface area (Å²) >= 11 is 6.24. The van der Waals surface area contributed by atoms with E-state index in [-0.39, 0.29) is 6.04 Å². The third-order valence-corrected chi connectivity index (χ3v) is 4.43. The summed E-state index contributed by atoms with van der Waals surface area (Å²) in [5.41, 5.74) is 1.06. The molecule has 1 aromatic rings. The summed E-state index contributed by atoms with van der Waals surface area (Å²) in [5.74, 6) is 1.34. The van der Waals surface area contributed by atoms with Gasteiger partial charge in [0.15, 0.2) is 5.96 Å². The van der Waals surface area contributed by atoms with Gasteiger partial charge in [-0.05, 0) is 31.4 Å². The van der Waals surface area contributed by atoms with Gasteiger partial charge in [-0.2, -0.15) is 0 Å². The zero-order chi connectivity index (χ0) is 17.2. The van der Waals surface area contributed by atoms with Crippen LogP contribution in [0.5, 0.6) is 0 Å². The van der Waals surface area contributed by atoms with E-state index in [2.05, 4.69) is 22.5 Å². The molecule has 1 saturated heterocycles. The summed E-state index contributed by atoms with van der Waals surface area (Å²) < 4.78 is 11.0. The highest BCUT2D eigenvalue weighted by Gasteiger charge is 2.15. The fourth-order valence-corrected chi connectivity index (χ4v) is 2.95. The van der Waals surface area contributed by atoms with Gasteiger partial charge < -0.3 is 20.1 Å². The predicted molar refractivity (Wildman–Crippen MR) is 98.7 cm³/mol. The van der Waals surface area contributed by atoms with Crippen molar-refractivity contribution >= 4 is 17.6 Å². The van der Waals surface area contributed by atoms with E-state index in [0.29, 0.717) is 5.92 Å². The van der Waals surface area contributed by atoms with E-state index in [4.69, 9.17) is 21.1 Å². The summed E-state index contributed by atoms with van der Waals surface area (Å²) in [7, 11) is 1.77. The molecule has 5 nitrogen and oxygen atoms in total. The second-order valence-corrected chi connectivity index (χ2v) is 6.45. The summed E-state index contributed by atoms with van der Waals surface area (Å²) in [5, 5.41) is 7.43. The topological polar surface area (TPSA) is 54.9 Å². The number of ether oxygens (including phenoxy) is 2. The molecular formula is C18H28ClN3O2. The highest BCUT2D eigenvalue weighted by molar-refractivity contribution is 6.31. The third kappa shape index (κ3) is 6.30. The molecule has 2 unspecified atom stereocenters. The second-order valence-electron chi connectivity index (χ2n) is 6.04. The maximum Gasteiger partial charge on any atom is 0.191 e. The molecule has 0 bridgehead atoms. The van der Waals surface area contributed by atoms with E-state index < -0.39 is 0 Å². The minimum atomic E-state index is 0.0866. The Labute approximate surface area is 149 Å².